The van der Waals surface area contributed by atoms with Crippen LogP contribution in [0.2, 0.25) is 0 Å². The van der Waals surface area contributed by atoms with Gasteiger partial charge in [0.1, 0.15) is 0 Å². The van der Waals surface area contributed by atoms with Crippen molar-refractivity contribution in [2.75, 3.05) is 36.8 Å². The predicted molar refractivity (Wildman–Crippen MR) is 197 cm³/mol. The fourth-order valence-corrected chi connectivity index (χ4v) is 9.50. The maximum Gasteiger partial charge on any atom is 0.284 e. The number of carbonyl (C=O) groups excluding carboxylic acids is 2. The number of nitrogens with zero attached hydrogens (tertiary/aromatic N) is 5. The van der Waals surface area contributed by atoms with E-state index in [1.54, 1.807) is 6.07 Å². The standard InChI is InChI=1S/C40H45N7O3/c41-32-6-3-7-34-37(32)39(50)43-40-46(29-4-1-2-5-29)35-24-30(12-14-33(35)47(34)40)45-22-18-28(19-23-45)44-20-16-26(17-21-44)25-8-10-27(11-9-25)31-13-15-36(48)42-38(31)49/h3,6-12,14,24,26,28-29,31H,1-2,4-5,13,15-23,41H2,(H,42,48,49). The van der Waals surface area contributed by atoms with Crippen molar-refractivity contribution in [2.24, 2.45) is 0 Å². The van der Waals surface area contributed by atoms with Gasteiger partial charge in [0.05, 0.1) is 27.9 Å². The maximum absolute atomic E-state index is 13.3. The van der Waals surface area contributed by atoms with Crippen molar-refractivity contribution in [3.8, 4) is 0 Å². The number of nitrogens with one attached hydrogen (secondary N) is 1. The molecule has 5 heterocycles. The Morgan fingerprint density at radius 2 is 1.46 bits per heavy atom. The number of piperidine rings is 3. The summed E-state index contributed by atoms with van der Waals surface area (Å²) in [5.41, 5.74) is 13.1. The van der Waals surface area contributed by atoms with Crippen LogP contribution in [0.1, 0.15) is 93.2 Å². The Balaban J connectivity index is 0.891. The molecule has 4 aliphatic rings. The van der Waals surface area contributed by atoms with Gasteiger partial charge in [-0.3, -0.25) is 24.1 Å². The molecule has 258 valence electrons. The zero-order valence-corrected chi connectivity index (χ0v) is 28.5. The molecular weight excluding hydrogens is 626 g/mol. The SMILES string of the molecule is Nc1cccc2c1c(=O)nc1n(C3CCCC3)c3cc(N4CCC(N5CCC(c6ccc(C7CCC(=O)NC7=O)cc6)CC5)CC4)ccc3n21. The summed E-state index contributed by atoms with van der Waals surface area (Å²) < 4.78 is 4.49. The van der Waals surface area contributed by atoms with Gasteiger partial charge in [0.2, 0.25) is 17.6 Å². The van der Waals surface area contributed by atoms with Gasteiger partial charge in [0.15, 0.2) is 0 Å². The molecule has 3 N–H and O–H groups in total. The number of imidazole rings is 1. The summed E-state index contributed by atoms with van der Waals surface area (Å²) in [4.78, 5) is 47.0. The molecule has 10 heteroatoms. The van der Waals surface area contributed by atoms with Crippen LogP contribution < -0.4 is 21.5 Å². The van der Waals surface area contributed by atoms with Crippen LogP contribution in [0.4, 0.5) is 11.4 Å². The highest BCUT2D eigenvalue weighted by molar-refractivity contribution is 6.01. The van der Waals surface area contributed by atoms with Crippen molar-refractivity contribution >= 4 is 50.9 Å². The highest BCUT2D eigenvalue weighted by Gasteiger charge is 2.31. The molecule has 1 unspecified atom stereocenters. The van der Waals surface area contributed by atoms with Crippen LogP contribution in [-0.2, 0) is 9.59 Å². The van der Waals surface area contributed by atoms with E-state index in [0.717, 1.165) is 92.6 Å². The Morgan fingerprint density at radius 3 is 2.20 bits per heavy atom. The van der Waals surface area contributed by atoms with Crippen molar-refractivity contribution in [3.63, 3.8) is 0 Å². The van der Waals surface area contributed by atoms with Crippen molar-refractivity contribution < 1.29 is 9.59 Å². The molecule has 1 saturated carbocycles. The van der Waals surface area contributed by atoms with Gasteiger partial charge >= 0.3 is 0 Å². The number of hydrogen-bond donors (Lipinski definition) is 2. The molecule has 4 fully saturated rings. The van der Waals surface area contributed by atoms with Gasteiger partial charge in [-0.05, 0) is 105 Å². The summed E-state index contributed by atoms with van der Waals surface area (Å²) in [6.07, 6.45) is 10.2. The molecule has 0 radical (unpaired) electrons. The quantitative estimate of drug-likeness (QED) is 0.177. The highest BCUT2D eigenvalue weighted by atomic mass is 16.2. The van der Waals surface area contributed by atoms with E-state index in [9.17, 15) is 14.4 Å². The fraction of sp³-hybridized carbons (Fsp3) is 0.450. The van der Waals surface area contributed by atoms with E-state index >= 15 is 0 Å². The first-order valence-corrected chi connectivity index (χ1v) is 18.6. The molecule has 9 rings (SSSR count). The molecule has 3 aromatic carbocycles. The van der Waals surface area contributed by atoms with E-state index < -0.39 is 0 Å². The molecule has 10 nitrogen and oxygen atoms in total. The summed E-state index contributed by atoms with van der Waals surface area (Å²) in [6, 6.07) is 22.0. The Bertz CT molecular complexity index is 2170. The number of aromatic nitrogens is 3. The Labute approximate surface area is 291 Å². The van der Waals surface area contributed by atoms with E-state index in [1.807, 2.05) is 12.1 Å². The number of amides is 2. The van der Waals surface area contributed by atoms with Crippen LogP contribution in [0, 0.1) is 0 Å². The molecular formula is C40H45N7O3. The molecule has 50 heavy (non-hydrogen) atoms. The molecule has 0 bridgehead atoms. The number of carbonyl (C=O) groups is 2. The highest BCUT2D eigenvalue weighted by Crippen LogP contribution is 2.38. The lowest BCUT2D eigenvalue weighted by molar-refractivity contribution is -0.134. The topological polar surface area (TPSA) is 118 Å². The minimum Gasteiger partial charge on any atom is -0.398 e. The average molecular weight is 672 g/mol. The molecule has 5 aromatic rings. The van der Waals surface area contributed by atoms with Gasteiger partial charge < -0.3 is 20.1 Å². The number of rotatable bonds is 5. The molecule has 0 spiro atoms. The number of nitrogens with two attached hydrogens (primary N) is 1. The Kier molecular flexibility index (Phi) is 7.86. The Hall–Kier alpha value is -4.70. The van der Waals surface area contributed by atoms with Crippen molar-refractivity contribution in [3.05, 3.63) is 82.1 Å². The number of hydrogen-bond acceptors (Lipinski definition) is 7. The first-order valence-electron chi connectivity index (χ1n) is 18.6. The minimum atomic E-state index is -0.255. The van der Waals surface area contributed by atoms with Crippen LogP contribution in [-0.4, -0.2) is 62.9 Å². The normalized spacial score (nSPS) is 21.9. The van der Waals surface area contributed by atoms with E-state index in [0.29, 0.717) is 41.9 Å². The van der Waals surface area contributed by atoms with Gasteiger partial charge in [-0.1, -0.05) is 43.2 Å². The molecule has 2 aromatic heterocycles. The van der Waals surface area contributed by atoms with Gasteiger partial charge in [-0.15, -0.1) is 0 Å². The summed E-state index contributed by atoms with van der Waals surface area (Å²) >= 11 is 0. The second-order valence-corrected chi connectivity index (χ2v) is 15.0. The molecule has 1 aliphatic carbocycles. The number of fused-ring (bicyclic) bond motifs is 5. The smallest absolute Gasteiger partial charge is 0.284 e. The fourth-order valence-electron chi connectivity index (χ4n) is 9.50. The third-order valence-electron chi connectivity index (χ3n) is 12.2. The molecule has 3 aliphatic heterocycles. The lowest BCUT2D eigenvalue weighted by Crippen LogP contribution is -2.47. The Morgan fingerprint density at radius 1 is 0.720 bits per heavy atom. The third kappa shape index (κ3) is 5.35. The largest absolute Gasteiger partial charge is 0.398 e. The second-order valence-electron chi connectivity index (χ2n) is 15.0. The van der Waals surface area contributed by atoms with Gasteiger partial charge in [-0.2, -0.15) is 4.98 Å². The number of nitrogen functional groups attached to an aromatic ring is 1. The van der Waals surface area contributed by atoms with Crippen molar-refractivity contribution in [1.82, 2.24) is 24.2 Å². The summed E-state index contributed by atoms with van der Waals surface area (Å²) in [6.45, 7) is 4.28. The molecule has 1 atom stereocenters. The summed E-state index contributed by atoms with van der Waals surface area (Å²) in [7, 11) is 0. The van der Waals surface area contributed by atoms with Crippen molar-refractivity contribution in [1.29, 1.82) is 0 Å². The first kappa shape index (κ1) is 31.3. The van der Waals surface area contributed by atoms with E-state index in [-0.39, 0.29) is 23.3 Å². The minimum absolute atomic E-state index is 0.168. The summed E-state index contributed by atoms with van der Waals surface area (Å²) in [5.74, 6) is 0.700. The van der Waals surface area contributed by atoms with Gasteiger partial charge in [0, 0.05) is 43.0 Å². The van der Waals surface area contributed by atoms with E-state index in [2.05, 4.69) is 71.5 Å². The first-order chi connectivity index (χ1) is 24.4. The van der Waals surface area contributed by atoms with Crippen LogP contribution in [0.5, 0.6) is 0 Å². The number of anilines is 2. The third-order valence-corrected chi connectivity index (χ3v) is 12.2. The monoisotopic (exact) mass is 671 g/mol. The molecule has 2 amide bonds. The second kappa shape index (κ2) is 12.6. The predicted octanol–water partition coefficient (Wildman–Crippen LogP) is 5.87. The number of benzene rings is 3. The van der Waals surface area contributed by atoms with E-state index in [4.69, 9.17) is 5.73 Å². The number of imide groups is 1. The van der Waals surface area contributed by atoms with Crippen LogP contribution in [0.25, 0.3) is 27.7 Å². The summed E-state index contributed by atoms with van der Waals surface area (Å²) in [5, 5.41) is 2.98. The number of likely N-dealkylation sites (tertiary alicyclic amines) is 1. The lowest BCUT2D eigenvalue weighted by atomic mass is 9.85. The van der Waals surface area contributed by atoms with Gasteiger partial charge in [0.25, 0.3) is 5.56 Å². The van der Waals surface area contributed by atoms with E-state index in [1.165, 1.54) is 24.1 Å². The zero-order chi connectivity index (χ0) is 33.9. The average Bonchev–Trinajstić information content (AvgIpc) is 3.78. The van der Waals surface area contributed by atoms with Crippen LogP contribution >= 0.6 is 0 Å². The maximum atomic E-state index is 13.3. The van der Waals surface area contributed by atoms with Crippen LogP contribution in [0.15, 0.2) is 65.5 Å². The van der Waals surface area contributed by atoms with Crippen LogP contribution in [0.3, 0.4) is 0 Å². The zero-order valence-electron chi connectivity index (χ0n) is 28.5. The molecule has 3 saturated heterocycles. The van der Waals surface area contributed by atoms with Gasteiger partial charge in [-0.25, -0.2) is 0 Å². The van der Waals surface area contributed by atoms with Crippen molar-refractivity contribution in [2.45, 2.75) is 88.1 Å². The lowest BCUT2D eigenvalue weighted by Gasteiger charge is -2.42.